The number of rotatable bonds is 6. The first-order valence-corrected chi connectivity index (χ1v) is 6.13. The maximum Gasteiger partial charge on any atom is 0.307 e. The summed E-state index contributed by atoms with van der Waals surface area (Å²) in [5.41, 5.74) is 6.80. The zero-order valence-electron chi connectivity index (χ0n) is 10.6. The Kier molecular flexibility index (Phi) is 5.70. The van der Waals surface area contributed by atoms with Gasteiger partial charge in [-0.1, -0.05) is 43.7 Å². The zero-order valence-corrected chi connectivity index (χ0v) is 10.6. The number of carbonyl (C=O) groups is 1. The lowest BCUT2D eigenvalue weighted by molar-refractivity contribution is -0.149. The predicted molar refractivity (Wildman–Crippen MR) is 68.4 cm³/mol. The highest BCUT2D eigenvalue weighted by atomic mass is 16.5. The quantitative estimate of drug-likeness (QED) is 0.771. The van der Waals surface area contributed by atoms with Crippen molar-refractivity contribution in [3.05, 3.63) is 35.9 Å². The Morgan fingerprint density at radius 2 is 2.00 bits per heavy atom. The standard InChI is InChI=1S/C14H21NO2/c1-3-7-13(15)10-14(16)17-11(2)12-8-5-4-6-9-12/h4-6,8-9,11,13H,3,7,10,15H2,1-2H3. The van der Waals surface area contributed by atoms with Crippen LogP contribution in [0.1, 0.15) is 44.8 Å². The fourth-order valence-electron chi connectivity index (χ4n) is 1.72. The van der Waals surface area contributed by atoms with Crippen molar-refractivity contribution in [2.75, 3.05) is 0 Å². The number of nitrogens with two attached hydrogens (primary N) is 1. The number of carbonyl (C=O) groups excluding carboxylic acids is 1. The summed E-state index contributed by atoms with van der Waals surface area (Å²) in [5.74, 6) is -0.220. The summed E-state index contributed by atoms with van der Waals surface area (Å²) in [5, 5.41) is 0. The first kappa shape index (κ1) is 13.7. The molecule has 0 saturated carbocycles. The fraction of sp³-hybridized carbons (Fsp3) is 0.500. The Bertz CT molecular complexity index is 337. The molecular formula is C14H21NO2. The van der Waals surface area contributed by atoms with Crippen molar-refractivity contribution < 1.29 is 9.53 Å². The third-order valence-electron chi connectivity index (χ3n) is 2.67. The molecular weight excluding hydrogens is 214 g/mol. The molecule has 94 valence electrons. The van der Waals surface area contributed by atoms with Crippen molar-refractivity contribution in [1.29, 1.82) is 0 Å². The molecule has 3 nitrogen and oxygen atoms in total. The Hall–Kier alpha value is -1.35. The van der Waals surface area contributed by atoms with E-state index in [9.17, 15) is 4.79 Å². The normalized spacial score (nSPS) is 14.1. The van der Waals surface area contributed by atoms with Gasteiger partial charge >= 0.3 is 5.97 Å². The van der Waals surface area contributed by atoms with Crippen molar-refractivity contribution in [3.8, 4) is 0 Å². The van der Waals surface area contributed by atoms with Crippen LogP contribution in [0.4, 0.5) is 0 Å². The molecule has 0 saturated heterocycles. The number of hydrogen-bond donors (Lipinski definition) is 1. The summed E-state index contributed by atoms with van der Waals surface area (Å²) >= 11 is 0. The molecule has 1 aromatic carbocycles. The molecule has 0 aliphatic rings. The minimum absolute atomic E-state index is 0.0875. The largest absolute Gasteiger partial charge is 0.458 e. The second-order valence-electron chi connectivity index (χ2n) is 4.30. The maximum absolute atomic E-state index is 11.6. The molecule has 0 fully saturated rings. The molecule has 0 aliphatic carbocycles. The van der Waals surface area contributed by atoms with Gasteiger partial charge in [-0.25, -0.2) is 0 Å². The first-order chi connectivity index (χ1) is 8.13. The molecule has 0 spiro atoms. The van der Waals surface area contributed by atoms with E-state index in [0.29, 0.717) is 6.42 Å². The van der Waals surface area contributed by atoms with Crippen molar-refractivity contribution in [2.45, 2.75) is 45.3 Å². The maximum atomic E-state index is 11.6. The van der Waals surface area contributed by atoms with E-state index in [1.54, 1.807) is 0 Å². The Labute approximate surface area is 103 Å². The minimum Gasteiger partial charge on any atom is -0.458 e. The van der Waals surface area contributed by atoms with Gasteiger partial charge < -0.3 is 10.5 Å². The Morgan fingerprint density at radius 3 is 2.59 bits per heavy atom. The van der Waals surface area contributed by atoms with Crippen LogP contribution in [-0.4, -0.2) is 12.0 Å². The third-order valence-corrected chi connectivity index (χ3v) is 2.67. The molecule has 1 rings (SSSR count). The van der Waals surface area contributed by atoms with Crippen LogP contribution >= 0.6 is 0 Å². The molecule has 0 bridgehead atoms. The van der Waals surface area contributed by atoms with Gasteiger partial charge in [0.1, 0.15) is 6.10 Å². The molecule has 2 atom stereocenters. The van der Waals surface area contributed by atoms with Crippen LogP contribution in [-0.2, 0) is 9.53 Å². The molecule has 2 unspecified atom stereocenters. The average Bonchev–Trinajstić information content (AvgIpc) is 2.30. The summed E-state index contributed by atoms with van der Waals surface area (Å²) in [6.07, 6.45) is 1.93. The topological polar surface area (TPSA) is 52.3 Å². The van der Waals surface area contributed by atoms with E-state index in [-0.39, 0.29) is 18.1 Å². The second kappa shape index (κ2) is 7.07. The molecule has 0 amide bonds. The van der Waals surface area contributed by atoms with Crippen LogP contribution in [0.2, 0.25) is 0 Å². The summed E-state index contributed by atoms with van der Waals surface area (Å²) in [6.45, 7) is 3.93. The molecule has 2 N–H and O–H groups in total. The van der Waals surface area contributed by atoms with E-state index in [0.717, 1.165) is 18.4 Å². The first-order valence-electron chi connectivity index (χ1n) is 6.13. The summed E-state index contributed by atoms with van der Waals surface area (Å²) in [6, 6.07) is 9.61. The number of esters is 1. The summed E-state index contributed by atoms with van der Waals surface area (Å²) < 4.78 is 5.33. The van der Waals surface area contributed by atoms with E-state index in [4.69, 9.17) is 10.5 Å². The van der Waals surface area contributed by atoms with E-state index < -0.39 is 0 Å². The van der Waals surface area contributed by atoms with Crippen LogP contribution < -0.4 is 5.73 Å². The van der Waals surface area contributed by atoms with Crippen LogP contribution in [0.15, 0.2) is 30.3 Å². The third kappa shape index (κ3) is 5.00. The van der Waals surface area contributed by atoms with Gasteiger partial charge in [0.05, 0.1) is 6.42 Å². The van der Waals surface area contributed by atoms with Gasteiger partial charge in [-0.05, 0) is 18.9 Å². The smallest absolute Gasteiger partial charge is 0.307 e. The van der Waals surface area contributed by atoms with Gasteiger partial charge in [0.15, 0.2) is 0 Å². The van der Waals surface area contributed by atoms with Gasteiger partial charge in [0, 0.05) is 6.04 Å². The van der Waals surface area contributed by atoms with Crippen LogP contribution in [0, 0.1) is 0 Å². The van der Waals surface area contributed by atoms with E-state index >= 15 is 0 Å². The number of ether oxygens (including phenoxy) is 1. The van der Waals surface area contributed by atoms with Crippen molar-refractivity contribution in [1.82, 2.24) is 0 Å². The number of benzene rings is 1. The van der Waals surface area contributed by atoms with Gasteiger partial charge in [0.25, 0.3) is 0 Å². The van der Waals surface area contributed by atoms with Gasteiger partial charge in [-0.2, -0.15) is 0 Å². The lowest BCUT2D eigenvalue weighted by atomic mass is 10.1. The molecule has 3 heteroatoms. The lowest BCUT2D eigenvalue weighted by Gasteiger charge is -2.15. The summed E-state index contributed by atoms with van der Waals surface area (Å²) in [7, 11) is 0. The number of hydrogen-bond acceptors (Lipinski definition) is 3. The SMILES string of the molecule is CCCC(N)CC(=O)OC(C)c1ccccc1. The van der Waals surface area contributed by atoms with Crippen LogP contribution in [0.3, 0.4) is 0 Å². The van der Waals surface area contributed by atoms with E-state index in [1.165, 1.54) is 0 Å². The minimum atomic E-state index is -0.220. The van der Waals surface area contributed by atoms with Crippen molar-refractivity contribution in [2.24, 2.45) is 5.73 Å². The van der Waals surface area contributed by atoms with Crippen molar-refractivity contribution in [3.63, 3.8) is 0 Å². The molecule has 0 aromatic heterocycles. The zero-order chi connectivity index (χ0) is 12.7. The van der Waals surface area contributed by atoms with Gasteiger partial charge in [-0.15, -0.1) is 0 Å². The van der Waals surface area contributed by atoms with E-state index in [2.05, 4.69) is 6.92 Å². The highest BCUT2D eigenvalue weighted by Crippen LogP contribution is 2.17. The second-order valence-corrected chi connectivity index (χ2v) is 4.30. The molecule has 0 radical (unpaired) electrons. The highest BCUT2D eigenvalue weighted by molar-refractivity contribution is 5.70. The molecule has 0 aliphatic heterocycles. The van der Waals surface area contributed by atoms with Gasteiger partial charge in [0.2, 0.25) is 0 Å². The monoisotopic (exact) mass is 235 g/mol. The van der Waals surface area contributed by atoms with Gasteiger partial charge in [-0.3, -0.25) is 4.79 Å². The highest BCUT2D eigenvalue weighted by Gasteiger charge is 2.14. The average molecular weight is 235 g/mol. The Balaban J connectivity index is 2.41. The lowest BCUT2D eigenvalue weighted by Crippen LogP contribution is -2.25. The summed E-state index contributed by atoms with van der Waals surface area (Å²) in [4.78, 5) is 11.6. The molecule has 0 heterocycles. The Morgan fingerprint density at radius 1 is 1.35 bits per heavy atom. The molecule has 1 aromatic rings. The predicted octanol–water partition coefficient (Wildman–Crippen LogP) is 2.81. The van der Waals surface area contributed by atoms with Crippen molar-refractivity contribution >= 4 is 5.97 Å². The van der Waals surface area contributed by atoms with Crippen LogP contribution in [0.5, 0.6) is 0 Å². The molecule has 17 heavy (non-hydrogen) atoms. The fourth-order valence-corrected chi connectivity index (χ4v) is 1.72. The van der Waals surface area contributed by atoms with E-state index in [1.807, 2.05) is 37.3 Å². The van der Waals surface area contributed by atoms with Crippen LogP contribution in [0.25, 0.3) is 0 Å².